The summed E-state index contributed by atoms with van der Waals surface area (Å²) in [5.41, 5.74) is 0.914. The minimum absolute atomic E-state index is 0.00109. The van der Waals surface area contributed by atoms with Crippen molar-refractivity contribution in [2.75, 3.05) is 6.54 Å². The van der Waals surface area contributed by atoms with Crippen LogP contribution in [0.1, 0.15) is 26.7 Å². The van der Waals surface area contributed by atoms with Crippen molar-refractivity contribution >= 4 is 27.5 Å². The van der Waals surface area contributed by atoms with E-state index >= 15 is 0 Å². The molecule has 0 spiro atoms. The lowest BCUT2D eigenvalue weighted by Gasteiger charge is -2.07. The molecule has 1 N–H and O–H groups in total. The van der Waals surface area contributed by atoms with Crippen molar-refractivity contribution in [1.29, 1.82) is 0 Å². The number of fused-ring (bicyclic) bond motifs is 1. The standard InChI is InChI=1S/C15H20N2O2S/c1-11(2)7-9-16-14(18)8-10-17-12-5-3-4-6-13(12)20-15(17)19/h3-6,11H,7-10H2,1-2H3,(H,16,18). The highest BCUT2D eigenvalue weighted by Crippen LogP contribution is 2.16. The average Bonchev–Trinajstić information content (AvgIpc) is 2.71. The molecule has 0 fully saturated rings. The van der Waals surface area contributed by atoms with Crippen LogP contribution in [0.25, 0.3) is 10.2 Å². The number of amides is 1. The zero-order valence-corrected chi connectivity index (χ0v) is 12.7. The number of aryl methyl sites for hydroxylation is 1. The fourth-order valence-electron chi connectivity index (χ4n) is 2.03. The van der Waals surface area contributed by atoms with Gasteiger partial charge < -0.3 is 5.32 Å². The largest absolute Gasteiger partial charge is 0.356 e. The van der Waals surface area contributed by atoms with Crippen molar-refractivity contribution in [3.05, 3.63) is 33.9 Å². The highest BCUT2D eigenvalue weighted by Gasteiger charge is 2.08. The number of carbonyl (C=O) groups is 1. The van der Waals surface area contributed by atoms with Gasteiger partial charge >= 0.3 is 4.87 Å². The van der Waals surface area contributed by atoms with E-state index < -0.39 is 0 Å². The molecule has 1 aromatic heterocycles. The Morgan fingerprint density at radius 2 is 2.10 bits per heavy atom. The summed E-state index contributed by atoms with van der Waals surface area (Å²) in [6, 6.07) is 7.68. The van der Waals surface area contributed by atoms with Crippen LogP contribution in [0.3, 0.4) is 0 Å². The minimum Gasteiger partial charge on any atom is -0.356 e. The lowest BCUT2D eigenvalue weighted by molar-refractivity contribution is -0.121. The highest BCUT2D eigenvalue weighted by atomic mass is 32.1. The molecule has 0 saturated carbocycles. The molecule has 0 radical (unpaired) electrons. The smallest absolute Gasteiger partial charge is 0.308 e. The molecule has 0 saturated heterocycles. The van der Waals surface area contributed by atoms with Crippen molar-refractivity contribution in [3.8, 4) is 0 Å². The molecule has 2 aromatic rings. The van der Waals surface area contributed by atoms with Gasteiger partial charge in [-0.1, -0.05) is 37.3 Å². The summed E-state index contributed by atoms with van der Waals surface area (Å²) in [5, 5.41) is 2.89. The lowest BCUT2D eigenvalue weighted by Crippen LogP contribution is -2.27. The Bertz CT molecular complexity index is 643. The van der Waals surface area contributed by atoms with E-state index in [9.17, 15) is 9.59 Å². The number of benzene rings is 1. The second-order valence-corrected chi connectivity index (χ2v) is 6.26. The summed E-state index contributed by atoms with van der Waals surface area (Å²) in [6.07, 6.45) is 1.33. The van der Waals surface area contributed by atoms with E-state index in [2.05, 4.69) is 19.2 Å². The zero-order valence-electron chi connectivity index (χ0n) is 11.9. The molecule has 0 atom stereocenters. The molecule has 0 bridgehead atoms. The van der Waals surface area contributed by atoms with Crippen LogP contribution in [-0.4, -0.2) is 17.0 Å². The molecule has 2 rings (SSSR count). The fourth-order valence-corrected chi connectivity index (χ4v) is 2.95. The van der Waals surface area contributed by atoms with Gasteiger partial charge in [0.05, 0.1) is 10.2 Å². The summed E-state index contributed by atoms with van der Waals surface area (Å²) in [5.74, 6) is 0.589. The van der Waals surface area contributed by atoms with Gasteiger partial charge in [0.1, 0.15) is 0 Å². The van der Waals surface area contributed by atoms with Gasteiger partial charge in [-0.15, -0.1) is 0 Å². The maximum atomic E-state index is 11.9. The first-order chi connectivity index (χ1) is 9.58. The van der Waals surface area contributed by atoms with E-state index in [-0.39, 0.29) is 10.8 Å². The maximum absolute atomic E-state index is 11.9. The van der Waals surface area contributed by atoms with Gasteiger partial charge in [-0.25, -0.2) is 0 Å². The van der Waals surface area contributed by atoms with E-state index in [0.717, 1.165) is 16.6 Å². The Morgan fingerprint density at radius 3 is 2.85 bits per heavy atom. The summed E-state index contributed by atoms with van der Waals surface area (Å²) >= 11 is 1.23. The number of hydrogen-bond acceptors (Lipinski definition) is 3. The third-order valence-corrected chi connectivity index (χ3v) is 4.14. The van der Waals surface area contributed by atoms with Crippen molar-refractivity contribution in [2.45, 2.75) is 33.2 Å². The topological polar surface area (TPSA) is 51.1 Å². The van der Waals surface area contributed by atoms with Gasteiger partial charge in [0, 0.05) is 19.5 Å². The SMILES string of the molecule is CC(C)CCNC(=O)CCn1c(=O)sc2ccccc21. The van der Waals surface area contributed by atoms with Crippen LogP contribution in [0, 0.1) is 5.92 Å². The van der Waals surface area contributed by atoms with Gasteiger partial charge in [0.25, 0.3) is 0 Å². The number of nitrogens with zero attached hydrogens (tertiary/aromatic N) is 1. The average molecular weight is 292 g/mol. The van der Waals surface area contributed by atoms with Gasteiger partial charge in [0.15, 0.2) is 0 Å². The normalized spacial score (nSPS) is 11.2. The van der Waals surface area contributed by atoms with Crippen LogP contribution in [0.4, 0.5) is 0 Å². The summed E-state index contributed by atoms with van der Waals surface area (Å²) in [7, 11) is 0. The van der Waals surface area contributed by atoms with Gasteiger partial charge in [-0.05, 0) is 24.5 Å². The first-order valence-electron chi connectivity index (χ1n) is 6.93. The number of aromatic nitrogens is 1. The maximum Gasteiger partial charge on any atom is 0.308 e. The van der Waals surface area contributed by atoms with Crippen LogP contribution >= 0.6 is 11.3 Å². The molecule has 0 aliphatic rings. The molecule has 20 heavy (non-hydrogen) atoms. The number of rotatable bonds is 6. The summed E-state index contributed by atoms with van der Waals surface area (Å²) < 4.78 is 2.65. The fraction of sp³-hybridized carbons (Fsp3) is 0.467. The van der Waals surface area contributed by atoms with E-state index in [4.69, 9.17) is 0 Å². The lowest BCUT2D eigenvalue weighted by atomic mass is 10.1. The van der Waals surface area contributed by atoms with Gasteiger partial charge in [-0.2, -0.15) is 0 Å². The minimum atomic E-state index is 0.00109. The number of hydrogen-bond donors (Lipinski definition) is 1. The number of carbonyl (C=O) groups excluding carboxylic acids is 1. The molecule has 1 amide bonds. The Labute approximate surface area is 122 Å². The first-order valence-corrected chi connectivity index (χ1v) is 7.74. The molecule has 1 heterocycles. The van der Waals surface area contributed by atoms with Crippen LogP contribution in [0.2, 0.25) is 0 Å². The molecular weight excluding hydrogens is 272 g/mol. The van der Waals surface area contributed by atoms with E-state index in [1.807, 2.05) is 24.3 Å². The van der Waals surface area contributed by atoms with Crippen LogP contribution < -0.4 is 10.2 Å². The molecule has 5 heteroatoms. The van der Waals surface area contributed by atoms with Crippen molar-refractivity contribution in [2.24, 2.45) is 5.92 Å². The summed E-state index contributed by atoms with van der Waals surface area (Å²) in [6.45, 7) is 5.40. The Kier molecular flexibility index (Phi) is 4.95. The Balaban J connectivity index is 1.94. The predicted octanol–water partition coefficient (Wildman–Crippen LogP) is 2.62. The molecule has 4 nitrogen and oxygen atoms in total. The van der Waals surface area contributed by atoms with Crippen LogP contribution in [0.5, 0.6) is 0 Å². The second-order valence-electron chi connectivity index (χ2n) is 5.27. The Hall–Kier alpha value is -1.62. The first kappa shape index (κ1) is 14.8. The highest BCUT2D eigenvalue weighted by molar-refractivity contribution is 7.16. The third kappa shape index (κ3) is 3.70. The number of nitrogens with one attached hydrogen (secondary N) is 1. The van der Waals surface area contributed by atoms with Crippen molar-refractivity contribution < 1.29 is 4.79 Å². The molecule has 1 aromatic carbocycles. The third-order valence-electron chi connectivity index (χ3n) is 3.18. The van der Waals surface area contributed by atoms with E-state index in [0.29, 0.717) is 25.4 Å². The van der Waals surface area contributed by atoms with Crippen LogP contribution in [0.15, 0.2) is 29.1 Å². The molecule has 0 unspecified atom stereocenters. The Morgan fingerprint density at radius 1 is 1.35 bits per heavy atom. The van der Waals surface area contributed by atoms with Gasteiger partial charge in [0.2, 0.25) is 5.91 Å². The quantitative estimate of drug-likeness (QED) is 0.890. The predicted molar refractivity (Wildman–Crippen MR) is 83.2 cm³/mol. The van der Waals surface area contributed by atoms with E-state index in [1.165, 1.54) is 11.3 Å². The molecule has 0 aliphatic carbocycles. The van der Waals surface area contributed by atoms with Gasteiger partial charge in [-0.3, -0.25) is 14.2 Å². The van der Waals surface area contributed by atoms with Crippen LogP contribution in [-0.2, 0) is 11.3 Å². The number of thiazole rings is 1. The van der Waals surface area contributed by atoms with E-state index in [1.54, 1.807) is 4.57 Å². The monoisotopic (exact) mass is 292 g/mol. The molecule has 0 aliphatic heterocycles. The second kappa shape index (κ2) is 6.70. The molecule has 108 valence electrons. The zero-order chi connectivity index (χ0) is 14.5. The summed E-state index contributed by atoms with van der Waals surface area (Å²) in [4.78, 5) is 23.6. The van der Waals surface area contributed by atoms with Crippen molar-refractivity contribution in [3.63, 3.8) is 0 Å². The van der Waals surface area contributed by atoms with Crippen molar-refractivity contribution in [1.82, 2.24) is 9.88 Å². The molecular formula is C15H20N2O2S. The number of para-hydroxylation sites is 1.